The molecule has 0 spiro atoms. The van der Waals surface area contributed by atoms with E-state index in [1.54, 1.807) is 20.8 Å². The minimum atomic E-state index is -1.04. The van der Waals surface area contributed by atoms with E-state index >= 15 is 0 Å². The normalized spacial score (nSPS) is 41.3. The molecule has 118 valence electrons. The number of ether oxygens (including phenoxy) is 5. The van der Waals surface area contributed by atoms with Gasteiger partial charge >= 0.3 is 11.9 Å². The number of rotatable bonds is 3. The molecule has 0 aromatic heterocycles. The van der Waals surface area contributed by atoms with Gasteiger partial charge in [-0.3, -0.25) is 4.79 Å². The first-order chi connectivity index (χ1) is 9.82. The van der Waals surface area contributed by atoms with E-state index in [9.17, 15) is 9.59 Å². The third-order valence-corrected chi connectivity index (χ3v) is 4.07. The van der Waals surface area contributed by atoms with Crippen molar-refractivity contribution < 1.29 is 33.3 Å². The molecule has 0 amide bonds. The minimum absolute atomic E-state index is 0.274. The summed E-state index contributed by atoms with van der Waals surface area (Å²) in [6, 6.07) is 0. The average Bonchev–Trinajstić information content (AvgIpc) is 2.97. The molecular formula is C14H20O7. The fraction of sp³-hybridized carbons (Fsp3) is 0.857. The zero-order chi connectivity index (χ0) is 15.4. The second-order valence-corrected chi connectivity index (χ2v) is 6.14. The molecule has 3 fully saturated rings. The van der Waals surface area contributed by atoms with Crippen molar-refractivity contribution in [2.75, 3.05) is 0 Å². The van der Waals surface area contributed by atoms with Gasteiger partial charge in [-0.15, -0.1) is 0 Å². The van der Waals surface area contributed by atoms with Crippen molar-refractivity contribution in [2.45, 2.75) is 70.6 Å². The van der Waals surface area contributed by atoms with Gasteiger partial charge in [-0.25, -0.2) is 4.79 Å². The second kappa shape index (κ2) is 4.93. The maximum atomic E-state index is 11.9. The van der Waals surface area contributed by atoms with E-state index in [4.69, 9.17) is 23.7 Å². The van der Waals surface area contributed by atoms with Gasteiger partial charge in [0.2, 0.25) is 6.10 Å². The van der Waals surface area contributed by atoms with Gasteiger partial charge < -0.3 is 23.7 Å². The number of hydrogen-bond acceptors (Lipinski definition) is 7. The molecule has 7 nitrogen and oxygen atoms in total. The van der Waals surface area contributed by atoms with Gasteiger partial charge in [-0.05, 0) is 20.3 Å². The molecule has 0 aromatic carbocycles. The first-order valence-corrected chi connectivity index (χ1v) is 7.24. The maximum Gasteiger partial charge on any atom is 0.350 e. The van der Waals surface area contributed by atoms with Crippen molar-refractivity contribution in [3.8, 4) is 0 Å². The lowest BCUT2D eigenvalue weighted by molar-refractivity contribution is -0.217. The van der Waals surface area contributed by atoms with E-state index in [-0.39, 0.29) is 5.92 Å². The molecule has 0 saturated carbocycles. The van der Waals surface area contributed by atoms with Gasteiger partial charge in [0, 0.05) is 0 Å². The Hall–Kier alpha value is -1.18. The van der Waals surface area contributed by atoms with Crippen LogP contribution >= 0.6 is 0 Å². The fourth-order valence-corrected chi connectivity index (χ4v) is 2.74. The number of fused-ring (bicyclic) bond motifs is 3. The van der Waals surface area contributed by atoms with Crippen LogP contribution in [-0.2, 0) is 33.3 Å². The summed E-state index contributed by atoms with van der Waals surface area (Å²) in [5, 5.41) is 0. The van der Waals surface area contributed by atoms with E-state index in [0.717, 1.165) is 0 Å². The summed E-state index contributed by atoms with van der Waals surface area (Å²) in [6.07, 6.45) is -2.76. The van der Waals surface area contributed by atoms with Crippen LogP contribution in [0.25, 0.3) is 0 Å². The molecule has 2 unspecified atom stereocenters. The quantitative estimate of drug-likeness (QED) is 0.711. The Morgan fingerprint density at radius 1 is 1.29 bits per heavy atom. The van der Waals surface area contributed by atoms with E-state index in [2.05, 4.69) is 0 Å². The Morgan fingerprint density at radius 2 is 2.00 bits per heavy atom. The van der Waals surface area contributed by atoms with Crippen molar-refractivity contribution in [3.63, 3.8) is 0 Å². The van der Waals surface area contributed by atoms with Gasteiger partial charge in [0.1, 0.15) is 6.10 Å². The van der Waals surface area contributed by atoms with Gasteiger partial charge in [-0.2, -0.15) is 0 Å². The third kappa shape index (κ3) is 2.43. The molecular weight excluding hydrogens is 280 g/mol. The van der Waals surface area contributed by atoms with E-state index in [0.29, 0.717) is 6.42 Å². The van der Waals surface area contributed by atoms with Gasteiger partial charge in [0.15, 0.2) is 24.3 Å². The van der Waals surface area contributed by atoms with Crippen LogP contribution in [0.1, 0.15) is 34.1 Å². The highest BCUT2D eigenvalue weighted by atomic mass is 16.8. The molecule has 3 heterocycles. The standard InChI is InChI=1S/C14H20O7/c1-5-6(2)11(15)18-9-7-8(17-12(9)16)10-13(19-7)21-14(3,4)20-10/h6-10,13H,5H2,1-4H3/t6?,7-,8-,9?,10+,13+/m0/s1. The predicted molar refractivity (Wildman–Crippen MR) is 67.9 cm³/mol. The number of hydrogen-bond donors (Lipinski definition) is 0. The molecule has 0 radical (unpaired) electrons. The average molecular weight is 300 g/mol. The summed E-state index contributed by atoms with van der Waals surface area (Å²) in [4.78, 5) is 23.8. The second-order valence-electron chi connectivity index (χ2n) is 6.14. The summed E-state index contributed by atoms with van der Waals surface area (Å²) in [5.74, 6) is -2.07. The van der Waals surface area contributed by atoms with Gasteiger partial charge in [-0.1, -0.05) is 13.8 Å². The molecule has 3 saturated heterocycles. The summed E-state index contributed by atoms with van der Waals surface area (Å²) in [5.41, 5.74) is 0. The minimum Gasteiger partial charge on any atom is -0.454 e. The van der Waals surface area contributed by atoms with Crippen LogP contribution in [0.3, 0.4) is 0 Å². The predicted octanol–water partition coefficient (Wildman–Crippen LogP) is 0.746. The number of carbonyl (C=O) groups is 2. The monoisotopic (exact) mass is 300 g/mol. The summed E-state index contributed by atoms with van der Waals surface area (Å²) < 4.78 is 27.5. The van der Waals surface area contributed by atoms with Crippen LogP contribution in [0.15, 0.2) is 0 Å². The Balaban J connectivity index is 1.70. The van der Waals surface area contributed by atoms with Gasteiger partial charge in [0.05, 0.1) is 5.92 Å². The SMILES string of the molecule is CCC(C)C(=O)OC1C(=O)O[C@@H]2[C@H]3OC(C)(C)O[C@H]3O[C@H]12. The van der Waals surface area contributed by atoms with E-state index in [1.807, 2.05) is 6.92 Å². The van der Waals surface area contributed by atoms with Crippen LogP contribution in [0, 0.1) is 5.92 Å². The van der Waals surface area contributed by atoms with E-state index in [1.165, 1.54) is 0 Å². The Kier molecular flexibility index (Phi) is 3.46. The van der Waals surface area contributed by atoms with Crippen molar-refractivity contribution in [1.82, 2.24) is 0 Å². The number of esters is 2. The highest BCUT2D eigenvalue weighted by molar-refractivity contribution is 5.82. The van der Waals surface area contributed by atoms with Crippen LogP contribution in [-0.4, -0.2) is 48.4 Å². The molecule has 7 heteroatoms. The Labute approximate surface area is 122 Å². The van der Waals surface area contributed by atoms with Crippen molar-refractivity contribution in [3.05, 3.63) is 0 Å². The fourth-order valence-electron chi connectivity index (χ4n) is 2.74. The highest BCUT2D eigenvalue weighted by Crippen LogP contribution is 2.43. The van der Waals surface area contributed by atoms with E-state index < -0.39 is 48.4 Å². The summed E-state index contributed by atoms with van der Waals surface area (Å²) in [7, 11) is 0. The summed E-state index contributed by atoms with van der Waals surface area (Å²) >= 11 is 0. The zero-order valence-electron chi connectivity index (χ0n) is 12.5. The first kappa shape index (κ1) is 14.7. The van der Waals surface area contributed by atoms with Crippen LogP contribution in [0.2, 0.25) is 0 Å². The smallest absolute Gasteiger partial charge is 0.350 e. The lowest BCUT2D eigenvalue weighted by Gasteiger charge is -2.22. The molecule has 0 aromatic rings. The molecule has 0 N–H and O–H groups in total. The van der Waals surface area contributed by atoms with Crippen LogP contribution in [0.5, 0.6) is 0 Å². The molecule has 3 aliphatic heterocycles. The lowest BCUT2D eigenvalue weighted by atomic mass is 10.1. The van der Waals surface area contributed by atoms with Crippen molar-refractivity contribution >= 4 is 11.9 Å². The largest absolute Gasteiger partial charge is 0.454 e. The molecule has 3 rings (SSSR count). The molecule has 6 atom stereocenters. The van der Waals surface area contributed by atoms with Crippen LogP contribution < -0.4 is 0 Å². The summed E-state index contributed by atoms with van der Waals surface area (Å²) in [6.45, 7) is 7.16. The highest BCUT2D eigenvalue weighted by Gasteiger charge is 2.64. The maximum absolute atomic E-state index is 11.9. The third-order valence-electron chi connectivity index (χ3n) is 4.07. The van der Waals surface area contributed by atoms with Crippen LogP contribution in [0.4, 0.5) is 0 Å². The van der Waals surface area contributed by atoms with Gasteiger partial charge in [0.25, 0.3) is 0 Å². The first-order valence-electron chi connectivity index (χ1n) is 7.24. The number of carbonyl (C=O) groups excluding carboxylic acids is 2. The molecule has 0 aliphatic carbocycles. The van der Waals surface area contributed by atoms with Crippen molar-refractivity contribution in [1.29, 1.82) is 0 Å². The lowest BCUT2D eigenvalue weighted by Crippen LogP contribution is -2.38. The molecule has 21 heavy (non-hydrogen) atoms. The molecule has 3 aliphatic rings. The molecule has 0 bridgehead atoms. The van der Waals surface area contributed by atoms with Crippen molar-refractivity contribution in [2.24, 2.45) is 5.92 Å². The zero-order valence-corrected chi connectivity index (χ0v) is 12.5. The Bertz CT molecular complexity index is 460. The topological polar surface area (TPSA) is 80.3 Å². The Morgan fingerprint density at radius 3 is 2.67 bits per heavy atom.